The first-order chi connectivity index (χ1) is 7.10. The van der Waals surface area contributed by atoms with E-state index in [4.69, 9.17) is 19.5 Å². The van der Waals surface area contributed by atoms with Crippen molar-refractivity contribution >= 4 is 5.97 Å². The van der Waals surface area contributed by atoms with Gasteiger partial charge >= 0.3 is 5.97 Å². The normalized spacial score (nSPS) is 14.0. The van der Waals surface area contributed by atoms with Crippen molar-refractivity contribution in [1.82, 2.24) is 0 Å². The summed E-state index contributed by atoms with van der Waals surface area (Å²) < 4.78 is 15.1. The second-order valence-electron chi connectivity index (χ2n) is 3.23. The van der Waals surface area contributed by atoms with Crippen molar-refractivity contribution in [3.63, 3.8) is 0 Å². The number of nitrogens with zero attached hydrogens (tertiary/aromatic N) is 1. The predicted octanol–water partition coefficient (Wildman–Crippen LogP) is 0.883. The molecular formula is C10H17NO4. The van der Waals surface area contributed by atoms with Gasteiger partial charge in [-0.2, -0.15) is 5.26 Å². The van der Waals surface area contributed by atoms with Gasteiger partial charge in [0.2, 0.25) is 0 Å². The van der Waals surface area contributed by atoms with Gasteiger partial charge in [0.15, 0.2) is 0 Å². The summed E-state index contributed by atoms with van der Waals surface area (Å²) in [5.74, 6) is -0.520. The molecule has 0 fully saturated rings. The van der Waals surface area contributed by atoms with E-state index in [-0.39, 0.29) is 18.6 Å². The molecule has 0 rings (SSSR count). The first kappa shape index (κ1) is 13.9. The van der Waals surface area contributed by atoms with Crippen LogP contribution in [-0.4, -0.2) is 38.5 Å². The third kappa shape index (κ3) is 7.91. The Hall–Kier alpha value is -1.12. The second kappa shape index (κ2) is 8.21. The maximum absolute atomic E-state index is 10.9. The maximum Gasteiger partial charge on any atom is 0.320 e. The lowest BCUT2D eigenvalue weighted by atomic mass is 10.4. The summed E-state index contributed by atoms with van der Waals surface area (Å²) in [7, 11) is 1.59. The SMILES string of the molecule is COCC(C)OCC(C)OC(=O)CC#N. The van der Waals surface area contributed by atoms with E-state index in [1.807, 2.05) is 6.92 Å². The van der Waals surface area contributed by atoms with Crippen molar-refractivity contribution < 1.29 is 19.0 Å². The third-order valence-electron chi connectivity index (χ3n) is 1.57. The quantitative estimate of drug-likeness (QED) is 0.590. The lowest BCUT2D eigenvalue weighted by molar-refractivity contribution is -0.151. The smallest absolute Gasteiger partial charge is 0.320 e. The molecule has 2 unspecified atom stereocenters. The fourth-order valence-corrected chi connectivity index (χ4v) is 0.947. The average Bonchev–Trinajstić information content (AvgIpc) is 2.15. The van der Waals surface area contributed by atoms with E-state index in [0.717, 1.165) is 0 Å². The lowest BCUT2D eigenvalue weighted by Gasteiger charge is -2.16. The van der Waals surface area contributed by atoms with Gasteiger partial charge < -0.3 is 14.2 Å². The topological polar surface area (TPSA) is 68.6 Å². The predicted molar refractivity (Wildman–Crippen MR) is 53.1 cm³/mol. The van der Waals surface area contributed by atoms with E-state index in [1.54, 1.807) is 20.1 Å². The Kier molecular flexibility index (Phi) is 7.60. The van der Waals surface area contributed by atoms with Gasteiger partial charge in [-0.05, 0) is 13.8 Å². The van der Waals surface area contributed by atoms with Crippen LogP contribution in [0.3, 0.4) is 0 Å². The molecule has 0 spiro atoms. The first-order valence-corrected chi connectivity index (χ1v) is 4.77. The van der Waals surface area contributed by atoms with E-state index in [2.05, 4.69) is 0 Å². The van der Waals surface area contributed by atoms with Gasteiger partial charge in [0.05, 0.1) is 25.4 Å². The van der Waals surface area contributed by atoms with Crippen molar-refractivity contribution in [1.29, 1.82) is 5.26 Å². The summed E-state index contributed by atoms with van der Waals surface area (Å²) in [6.45, 7) is 4.39. The average molecular weight is 215 g/mol. The summed E-state index contributed by atoms with van der Waals surface area (Å²) in [5.41, 5.74) is 0. The molecule has 0 heterocycles. The third-order valence-corrected chi connectivity index (χ3v) is 1.57. The summed E-state index contributed by atoms with van der Waals surface area (Å²) in [5, 5.41) is 8.24. The minimum absolute atomic E-state index is 0.0351. The van der Waals surface area contributed by atoms with Crippen LogP contribution < -0.4 is 0 Å². The van der Waals surface area contributed by atoms with Crippen LogP contribution in [-0.2, 0) is 19.0 Å². The van der Waals surface area contributed by atoms with Gasteiger partial charge in [0, 0.05) is 7.11 Å². The molecule has 0 aromatic heterocycles. The molecule has 0 radical (unpaired) electrons. The van der Waals surface area contributed by atoms with Crippen LogP contribution in [0.1, 0.15) is 20.3 Å². The molecule has 15 heavy (non-hydrogen) atoms. The molecule has 0 amide bonds. The van der Waals surface area contributed by atoms with E-state index >= 15 is 0 Å². The monoisotopic (exact) mass is 215 g/mol. The van der Waals surface area contributed by atoms with Crippen LogP contribution >= 0.6 is 0 Å². The summed E-state index contributed by atoms with van der Waals surface area (Å²) in [6, 6.07) is 1.72. The van der Waals surface area contributed by atoms with Gasteiger partial charge in [-0.25, -0.2) is 0 Å². The second-order valence-corrected chi connectivity index (χ2v) is 3.23. The molecule has 5 nitrogen and oxygen atoms in total. The molecule has 0 aliphatic heterocycles. The fraction of sp³-hybridized carbons (Fsp3) is 0.800. The number of carbonyl (C=O) groups is 1. The van der Waals surface area contributed by atoms with Gasteiger partial charge in [0.25, 0.3) is 0 Å². The van der Waals surface area contributed by atoms with E-state index < -0.39 is 5.97 Å². The Balaban J connectivity index is 3.61. The Morgan fingerprint density at radius 1 is 1.33 bits per heavy atom. The largest absolute Gasteiger partial charge is 0.459 e. The summed E-state index contributed by atoms with van der Waals surface area (Å²) in [4.78, 5) is 10.9. The molecule has 0 aromatic carbocycles. The number of carbonyl (C=O) groups excluding carboxylic acids is 1. The fourth-order valence-electron chi connectivity index (χ4n) is 0.947. The van der Waals surface area contributed by atoms with Crippen molar-refractivity contribution in [2.24, 2.45) is 0 Å². The highest BCUT2D eigenvalue weighted by molar-refractivity contribution is 5.71. The van der Waals surface area contributed by atoms with Crippen molar-refractivity contribution in [3.8, 4) is 6.07 Å². The Bertz CT molecular complexity index is 224. The van der Waals surface area contributed by atoms with Gasteiger partial charge in [-0.15, -0.1) is 0 Å². The lowest BCUT2D eigenvalue weighted by Crippen LogP contribution is -2.24. The van der Waals surface area contributed by atoms with Crippen LogP contribution in [0.2, 0.25) is 0 Å². The molecule has 0 saturated heterocycles. The minimum atomic E-state index is -0.520. The number of hydrogen-bond donors (Lipinski definition) is 0. The number of hydrogen-bond acceptors (Lipinski definition) is 5. The van der Waals surface area contributed by atoms with Crippen LogP contribution in [0.5, 0.6) is 0 Å². The molecule has 0 bridgehead atoms. The van der Waals surface area contributed by atoms with Gasteiger partial charge in [0.1, 0.15) is 12.5 Å². The van der Waals surface area contributed by atoms with Crippen LogP contribution in [0.25, 0.3) is 0 Å². The first-order valence-electron chi connectivity index (χ1n) is 4.77. The van der Waals surface area contributed by atoms with Crippen molar-refractivity contribution in [2.45, 2.75) is 32.5 Å². The van der Waals surface area contributed by atoms with E-state index in [9.17, 15) is 4.79 Å². The van der Waals surface area contributed by atoms with Crippen molar-refractivity contribution in [3.05, 3.63) is 0 Å². The number of nitriles is 1. The molecule has 0 saturated carbocycles. The zero-order valence-electron chi connectivity index (χ0n) is 9.36. The van der Waals surface area contributed by atoms with E-state index in [0.29, 0.717) is 13.2 Å². The van der Waals surface area contributed by atoms with Crippen LogP contribution in [0, 0.1) is 11.3 Å². The molecule has 0 N–H and O–H groups in total. The molecule has 86 valence electrons. The number of esters is 1. The number of methoxy groups -OCH3 is 1. The van der Waals surface area contributed by atoms with E-state index in [1.165, 1.54) is 0 Å². The molecular weight excluding hydrogens is 198 g/mol. The van der Waals surface area contributed by atoms with Gasteiger partial charge in [-0.3, -0.25) is 4.79 Å². The van der Waals surface area contributed by atoms with Gasteiger partial charge in [-0.1, -0.05) is 0 Å². The Morgan fingerprint density at radius 2 is 2.00 bits per heavy atom. The Labute approximate surface area is 89.9 Å². The highest BCUT2D eigenvalue weighted by atomic mass is 16.6. The van der Waals surface area contributed by atoms with Crippen molar-refractivity contribution in [2.75, 3.05) is 20.3 Å². The highest BCUT2D eigenvalue weighted by Crippen LogP contribution is 1.98. The number of ether oxygens (including phenoxy) is 3. The number of rotatable bonds is 7. The molecule has 0 aliphatic carbocycles. The zero-order chi connectivity index (χ0) is 11.7. The molecule has 5 heteroatoms. The molecule has 2 atom stereocenters. The summed E-state index contributed by atoms with van der Waals surface area (Å²) >= 11 is 0. The molecule has 0 aliphatic rings. The zero-order valence-corrected chi connectivity index (χ0v) is 9.36. The van der Waals surface area contributed by atoms with Crippen LogP contribution in [0.15, 0.2) is 0 Å². The van der Waals surface area contributed by atoms with Crippen LogP contribution in [0.4, 0.5) is 0 Å². The minimum Gasteiger partial charge on any atom is -0.459 e. The standard InChI is InChI=1S/C10H17NO4/c1-8(6-13-3)14-7-9(2)15-10(12)4-5-11/h8-9H,4,6-7H2,1-3H3. The maximum atomic E-state index is 10.9. The highest BCUT2D eigenvalue weighted by Gasteiger charge is 2.10. The summed E-state index contributed by atoms with van der Waals surface area (Å²) in [6.07, 6.45) is -0.602. The Morgan fingerprint density at radius 3 is 2.53 bits per heavy atom. The molecule has 0 aromatic rings.